The van der Waals surface area contributed by atoms with Crippen LogP contribution in [0.25, 0.3) is 0 Å². The average molecular weight is 261 g/mol. The number of ketones is 1. The highest BCUT2D eigenvalue weighted by Crippen LogP contribution is 2.14. The maximum absolute atomic E-state index is 12.0. The van der Waals surface area contributed by atoms with Crippen molar-refractivity contribution in [2.24, 2.45) is 14.1 Å². The van der Waals surface area contributed by atoms with Crippen LogP contribution in [0.5, 0.6) is 0 Å². The van der Waals surface area contributed by atoms with E-state index in [1.165, 1.54) is 11.9 Å². The van der Waals surface area contributed by atoms with Crippen LogP contribution < -0.4 is 0 Å². The SMILES string of the molecule is Cc1nn(C)c(C)c1CCC(=O)Cc1ncnn1C. The maximum Gasteiger partial charge on any atom is 0.140 e. The molecule has 6 heteroatoms. The molecule has 0 fully saturated rings. The molecule has 0 spiro atoms. The van der Waals surface area contributed by atoms with E-state index >= 15 is 0 Å². The molecule has 102 valence electrons. The minimum atomic E-state index is 0.179. The summed E-state index contributed by atoms with van der Waals surface area (Å²) in [4.78, 5) is 16.0. The van der Waals surface area contributed by atoms with Crippen LogP contribution in [0.2, 0.25) is 0 Å². The predicted molar refractivity (Wildman–Crippen MR) is 70.7 cm³/mol. The zero-order chi connectivity index (χ0) is 14.0. The normalized spacial score (nSPS) is 10.9. The lowest BCUT2D eigenvalue weighted by Gasteiger charge is -2.02. The number of aromatic nitrogens is 5. The second-order valence-corrected chi connectivity index (χ2v) is 4.79. The van der Waals surface area contributed by atoms with Gasteiger partial charge in [0.15, 0.2) is 0 Å². The molecule has 0 atom stereocenters. The number of carbonyl (C=O) groups is 1. The largest absolute Gasteiger partial charge is 0.299 e. The Morgan fingerprint density at radius 1 is 1.26 bits per heavy atom. The highest BCUT2D eigenvalue weighted by atomic mass is 16.1. The smallest absolute Gasteiger partial charge is 0.140 e. The van der Waals surface area contributed by atoms with Gasteiger partial charge in [-0.2, -0.15) is 10.2 Å². The molecule has 0 aliphatic rings. The Kier molecular flexibility index (Phi) is 3.78. The van der Waals surface area contributed by atoms with Crippen molar-refractivity contribution in [2.45, 2.75) is 33.1 Å². The van der Waals surface area contributed by atoms with Crippen LogP contribution in [-0.4, -0.2) is 30.3 Å². The molecule has 0 amide bonds. The molecule has 0 aromatic carbocycles. The van der Waals surface area contributed by atoms with Crippen molar-refractivity contribution in [1.29, 1.82) is 0 Å². The first kappa shape index (κ1) is 13.5. The van der Waals surface area contributed by atoms with Gasteiger partial charge in [-0.05, 0) is 25.8 Å². The van der Waals surface area contributed by atoms with E-state index in [0.717, 1.165) is 17.8 Å². The topological polar surface area (TPSA) is 65.6 Å². The molecular weight excluding hydrogens is 242 g/mol. The van der Waals surface area contributed by atoms with Gasteiger partial charge in [0.25, 0.3) is 0 Å². The van der Waals surface area contributed by atoms with Gasteiger partial charge in [-0.15, -0.1) is 0 Å². The number of hydrogen-bond acceptors (Lipinski definition) is 4. The molecular formula is C13H19N5O. The van der Waals surface area contributed by atoms with Crippen molar-refractivity contribution in [3.8, 4) is 0 Å². The molecule has 0 saturated heterocycles. The molecule has 2 aromatic heterocycles. The molecule has 0 saturated carbocycles. The molecule has 2 heterocycles. The first-order chi connectivity index (χ1) is 8.99. The standard InChI is InChI=1S/C13H19N5O/c1-9-12(10(2)17(3)16-9)6-5-11(19)7-13-14-8-15-18(13)4/h8H,5-7H2,1-4H3. The lowest BCUT2D eigenvalue weighted by atomic mass is 10.0. The quantitative estimate of drug-likeness (QED) is 0.802. The zero-order valence-corrected chi connectivity index (χ0v) is 11.8. The third kappa shape index (κ3) is 2.89. The van der Waals surface area contributed by atoms with Crippen LogP contribution in [0.3, 0.4) is 0 Å². The van der Waals surface area contributed by atoms with Crippen molar-refractivity contribution in [1.82, 2.24) is 24.5 Å². The van der Waals surface area contributed by atoms with Gasteiger partial charge in [0.05, 0.1) is 12.1 Å². The first-order valence-electron chi connectivity index (χ1n) is 6.32. The zero-order valence-electron chi connectivity index (χ0n) is 11.8. The van der Waals surface area contributed by atoms with Crippen LogP contribution in [0, 0.1) is 13.8 Å². The van der Waals surface area contributed by atoms with E-state index in [1.54, 1.807) is 11.7 Å². The van der Waals surface area contributed by atoms with Crippen LogP contribution >= 0.6 is 0 Å². The Labute approximate surface area is 112 Å². The second-order valence-electron chi connectivity index (χ2n) is 4.79. The Bertz CT molecular complexity index is 596. The van der Waals surface area contributed by atoms with Crippen LogP contribution in [0.1, 0.15) is 29.2 Å². The van der Waals surface area contributed by atoms with E-state index in [1.807, 2.05) is 25.6 Å². The van der Waals surface area contributed by atoms with Crippen molar-refractivity contribution in [2.75, 3.05) is 0 Å². The molecule has 6 nitrogen and oxygen atoms in total. The first-order valence-corrected chi connectivity index (χ1v) is 6.32. The van der Waals surface area contributed by atoms with Gasteiger partial charge in [-0.3, -0.25) is 14.2 Å². The molecule has 0 aliphatic carbocycles. The summed E-state index contributed by atoms with van der Waals surface area (Å²) in [6, 6.07) is 0. The average Bonchev–Trinajstić information content (AvgIpc) is 2.84. The Hall–Kier alpha value is -1.98. The minimum Gasteiger partial charge on any atom is -0.299 e. The molecule has 0 radical (unpaired) electrons. The summed E-state index contributed by atoms with van der Waals surface area (Å²) < 4.78 is 3.50. The van der Waals surface area contributed by atoms with Crippen molar-refractivity contribution < 1.29 is 4.79 Å². The van der Waals surface area contributed by atoms with E-state index in [9.17, 15) is 4.79 Å². The molecule has 2 rings (SSSR count). The second kappa shape index (κ2) is 5.34. The van der Waals surface area contributed by atoms with Crippen molar-refractivity contribution in [3.63, 3.8) is 0 Å². The fourth-order valence-corrected chi connectivity index (χ4v) is 2.19. The van der Waals surface area contributed by atoms with E-state index in [4.69, 9.17) is 0 Å². The van der Waals surface area contributed by atoms with Crippen molar-refractivity contribution >= 4 is 5.78 Å². The molecule has 0 aliphatic heterocycles. The molecule has 19 heavy (non-hydrogen) atoms. The molecule has 2 aromatic rings. The fraction of sp³-hybridized carbons (Fsp3) is 0.538. The number of Topliss-reactive ketones (excluding diaryl/α,β-unsaturated/α-hetero) is 1. The summed E-state index contributed by atoms with van der Waals surface area (Å²) in [5.74, 6) is 0.892. The monoisotopic (exact) mass is 261 g/mol. The maximum atomic E-state index is 12.0. The summed E-state index contributed by atoms with van der Waals surface area (Å²) in [6.45, 7) is 4.01. The van der Waals surface area contributed by atoms with Crippen molar-refractivity contribution in [3.05, 3.63) is 29.1 Å². The number of aryl methyl sites for hydroxylation is 3. The van der Waals surface area contributed by atoms with Gasteiger partial charge in [0, 0.05) is 26.2 Å². The minimum absolute atomic E-state index is 0.179. The summed E-state index contributed by atoms with van der Waals surface area (Å²) in [6.07, 6.45) is 3.06. The number of rotatable bonds is 5. The third-order valence-corrected chi connectivity index (χ3v) is 3.47. The fourth-order valence-electron chi connectivity index (χ4n) is 2.19. The molecule has 0 bridgehead atoms. The van der Waals surface area contributed by atoms with Crippen LogP contribution in [0.15, 0.2) is 6.33 Å². The summed E-state index contributed by atoms with van der Waals surface area (Å²) in [5.41, 5.74) is 3.31. The van der Waals surface area contributed by atoms with Gasteiger partial charge in [0.2, 0.25) is 0 Å². The predicted octanol–water partition coefficient (Wildman–Crippen LogP) is 0.910. The van der Waals surface area contributed by atoms with Gasteiger partial charge in [-0.1, -0.05) is 0 Å². The lowest BCUT2D eigenvalue weighted by Crippen LogP contribution is -2.10. The number of carbonyl (C=O) groups excluding carboxylic acids is 1. The van der Waals surface area contributed by atoms with E-state index in [0.29, 0.717) is 18.7 Å². The number of nitrogens with zero attached hydrogens (tertiary/aromatic N) is 5. The summed E-state index contributed by atoms with van der Waals surface area (Å²) >= 11 is 0. The van der Waals surface area contributed by atoms with Gasteiger partial charge in [-0.25, -0.2) is 4.98 Å². The van der Waals surface area contributed by atoms with Gasteiger partial charge in [0.1, 0.15) is 17.9 Å². The summed E-state index contributed by atoms with van der Waals surface area (Å²) in [7, 11) is 3.72. The third-order valence-electron chi connectivity index (χ3n) is 3.47. The van der Waals surface area contributed by atoms with Crippen LogP contribution in [-0.2, 0) is 31.7 Å². The Morgan fingerprint density at radius 2 is 2.00 bits per heavy atom. The highest BCUT2D eigenvalue weighted by Gasteiger charge is 2.13. The van der Waals surface area contributed by atoms with Gasteiger partial charge >= 0.3 is 0 Å². The van der Waals surface area contributed by atoms with E-state index in [-0.39, 0.29) is 5.78 Å². The highest BCUT2D eigenvalue weighted by molar-refractivity contribution is 5.80. The molecule has 0 unspecified atom stereocenters. The van der Waals surface area contributed by atoms with Gasteiger partial charge < -0.3 is 0 Å². The number of hydrogen-bond donors (Lipinski definition) is 0. The Morgan fingerprint density at radius 3 is 2.53 bits per heavy atom. The van der Waals surface area contributed by atoms with E-state index < -0.39 is 0 Å². The Balaban J connectivity index is 1.95. The van der Waals surface area contributed by atoms with E-state index in [2.05, 4.69) is 15.2 Å². The summed E-state index contributed by atoms with van der Waals surface area (Å²) in [5, 5.41) is 8.32. The molecule has 0 N–H and O–H groups in total. The lowest BCUT2D eigenvalue weighted by molar-refractivity contribution is -0.118. The van der Waals surface area contributed by atoms with Crippen LogP contribution in [0.4, 0.5) is 0 Å².